The van der Waals surface area contributed by atoms with Crippen molar-refractivity contribution in [3.05, 3.63) is 35.4 Å². The van der Waals surface area contributed by atoms with Crippen LogP contribution in [0.5, 0.6) is 0 Å². The van der Waals surface area contributed by atoms with Crippen LogP contribution in [0.3, 0.4) is 0 Å². The van der Waals surface area contributed by atoms with E-state index in [2.05, 4.69) is 43.0 Å². The second kappa shape index (κ2) is 6.53. The Labute approximate surface area is 118 Å². The fourth-order valence-electron chi connectivity index (χ4n) is 3.65. The van der Waals surface area contributed by atoms with Crippen LogP contribution < -0.4 is 5.73 Å². The number of aryl methyl sites for hydroxylation is 1. The van der Waals surface area contributed by atoms with Crippen LogP contribution in [0.2, 0.25) is 0 Å². The molecule has 2 heteroatoms. The van der Waals surface area contributed by atoms with Crippen LogP contribution in [0.15, 0.2) is 24.3 Å². The lowest BCUT2D eigenvalue weighted by atomic mass is 9.75. The first-order chi connectivity index (χ1) is 9.28. The quantitative estimate of drug-likeness (QED) is 0.850. The zero-order valence-corrected chi connectivity index (χ0v) is 12.5. The third kappa shape index (κ3) is 2.70. The van der Waals surface area contributed by atoms with Crippen LogP contribution in [0.25, 0.3) is 0 Å². The van der Waals surface area contributed by atoms with Crippen molar-refractivity contribution in [1.29, 1.82) is 0 Å². The third-order valence-corrected chi connectivity index (χ3v) is 4.49. The topological polar surface area (TPSA) is 29.3 Å². The van der Waals surface area contributed by atoms with Gasteiger partial charge in [0.05, 0.1) is 5.54 Å². The number of benzene rings is 1. The molecule has 0 fully saturated rings. The average molecular weight is 260 g/mol. The second-order valence-corrected chi connectivity index (χ2v) is 5.73. The molecule has 1 unspecified atom stereocenters. The lowest BCUT2D eigenvalue weighted by Crippen LogP contribution is -2.53. The maximum Gasteiger partial charge on any atom is 0.0586 e. The standard InChI is InChI=1S/C17H28N2/c1-3-12-19(13-4-2)17(14-18)11-7-9-15-8-5-6-10-16(15)17/h5-6,8,10H,3-4,7,9,11-14,18H2,1-2H3. The van der Waals surface area contributed by atoms with Gasteiger partial charge in [0, 0.05) is 6.54 Å². The predicted octanol–water partition coefficient (Wildman–Crippen LogP) is 3.30. The van der Waals surface area contributed by atoms with Crippen molar-refractivity contribution in [2.75, 3.05) is 19.6 Å². The minimum atomic E-state index is 0.0842. The van der Waals surface area contributed by atoms with Gasteiger partial charge in [0.2, 0.25) is 0 Å². The van der Waals surface area contributed by atoms with Gasteiger partial charge in [-0.1, -0.05) is 38.1 Å². The highest BCUT2D eigenvalue weighted by atomic mass is 15.2. The van der Waals surface area contributed by atoms with Gasteiger partial charge in [-0.25, -0.2) is 0 Å². The summed E-state index contributed by atoms with van der Waals surface area (Å²) < 4.78 is 0. The summed E-state index contributed by atoms with van der Waals surface area (Å²) in [6, 6.07) is 8.93. The van der Waals surface area contributed by atoms with Crippen molar-refractivity contribution in [2.45, 2.75) is 51.5 Å². The number of nitrogens with two attached hydrogens (primary N) is 1. The Balaban J connectivity index is 2.41. The number of hydrogen-bond donors (Lipinski definition) is 1. The van der Waals surface area contributed by atoms with Crippen LogP contribution in [-0.2, 0) is 12.0 Å². The van der Waals surface area contributed by atoms with Gasteiger partial charge in [0.1, 0.15) is 0 Å². The van der Waals surface area contributed by atoms with E-state index in [1.807, 2.05) is 0 Å². The van der Waals surface area contributed by atoms with E-state index in [0.29, 0.717) is 0 Å². The van der Waals surface area contributed by atoms with Crippen molar-refractivity contribution in [1.82, 2.24) is 4.90 Å². The molecule has 106 valence electrons. The fourth-order valence-corrected chi connectivity index (χ4v) is 3.65. The molecule has 19 heavy (non-hydrogen) atoms. The van der Waals surface area contributed by atoms with Crippen LogP contribution in [-0.4, -0.2) is 24.5 Å². The smallest absolute Gasteiger partial charge is 0.0586 e. The highest BCUT2D eigenvalue weighted by Gasteiger charge is 2.39. The molecule has 2 N–H and O–H groups in total. The fraction of sp³-hybridized carbons (Fsp3) is 0.647. The van der Waals surface area contributed by atoms with Crippen molar-refractivity contribution >= 4 is 0 Å². The van der Waals surface area contributed by atoms with Gasteiger partial charge in [-0.15, -0.1) is 0 Å². The molecule has 2 rings (SSSR count). The molecule has 0 saturated heterocycles. The number of hydrogen-bond acceptors (Lipinski definition) is 2. The van der Waals surface area contributed by atoms with Crippen LogP contribution in [0, 0.1) is 0 Å². The van der Waals surface area contributed by atoms with E-state index in [4.69, 9.17) is 5.73 Å². The number of nitrogens with zero attached hydrogens (tertiary/aromatic N) is 1. The van der Waals surface area contributed by atoms with Crippen LogP contribution >= 0.6 is 0 Å². The summed E-state index contributed by atoms with van der Waals surface area (Å²) in [4.78, 5) is 2.64. The molecule has 0 radical (unpaired) electrons. The summed E-state index contributed by atoms with van der Waals surface area (Å²) in [5.74, 6) is 0. The van der Waals surface area contributed by atoms with E-state index < -0.39 is 0 Å². The molecule has 0 amide bonds. The molecule has 0 heterocycles. The Morgan fingerprint density at radius 2 is 1.84 bits per heavy atom. The van der Waals surface area contributed by atoms with Crippen LogP contribution in [0.4, 0.5) is 0 Å². The summed E-state index contributed by atoms with van der Waals surface area (Å²) in [6.07, 6.45) is 6.08. The van der Waals surface area contributed by atoms with E-state index in [-0.39, 0.29) is 5.54 Å². The summed E-state index contributed by atoms with van der Waals surface area (Å²) >= 11 is 0. The van der Waals surface area contributed by atoms with Gasteiger partial charge in [0.25, 0.3) is 0 Å². The Hall–Kier alpha value is -0.860. The lowest BCUT2D eigenvalue weighted by molar-refractivity contribution is 0.0736. The Bertz CT molecular complexity index is 396. The lowest BCUT2D eigenvalue weighted by Gasteiger charge is -2.47. The van der Waals surface area contributed by atoms with E-state index in [1.54, 1.807) is 0 Å². The molecule has 2 nitrogen and oxygen atoms in total. The molecule has 0 aromatic heterocycles. The monoisotopic (exact) mass is 260 g/mol. The molecule has 0 spiro atoms. The summed E-state index contributed by atoms with van der Waals surface area (Å²) in [5.41, 5.74) is 9.36. The Morgan fingerprint density at radius 3 is 2.47 bits per heavy atom. The maximum atomic E-state index is 6.27. The molecule has 1 aromatic rings. The molecule has 1 atom stereocenters. The van der Waals surface area contributed by atoms with E-state index in [1.165, 1.54) is 43.2 Å². The third-order valence-electron chi connectivity index (χ3n) is 4.49. The first kappa shape index (κ1) is 14.5. The van der Waals surface area contributed by atoms with Crippen molar-refractivity contribution in [3.63, 3.8) is 0 Å². The first-order valence-electron chi connectivity index (χ1n) is 7.82. The Morgan fingerprint density at radius 1 is 1.16 bits per heavy atom. The molecular formula is C17H28N2. The molecule has 1 aliphatic carbocycles. The van der Waals surface area contributed by atoms with Gasteiger partial charge in [0.15, 0.2) is 0 Å². The minimum Gasteiger partial charge on any atom is -0.328 e. The number of rotatable bonds is 6. The normalized spacial score (nSPS) is 22.5. The van der Waals surface area contributed by atoms with Gasteiger partial charge >= 0.3 is 0 Å². The van der Waals surface area contributed by atoms with Gasteiger partial charge < -0.3 is 5.73 Å². The van der Waals surface area contributed by atoms with E-state index in [0.717, 1.165) is 19.6 Å². The summed E-state index contributed by atoms with van der Waals surface area (Å²) in [5, 5.41) is 0. The molecular weight excluding hydrogens is 232 g/mol. The van der Waals surface area contributed by atoms with Crippen molar-refractivity contribution in [3.8, 4) is 0 Å². The van der Waals surface area contributed by atoms with Crippen molar-refractivity contribution < 1.29 is 0 Å². The zero-order valence-electron chi connectivity index (χ0n) is 12.5. The number of fused-ring (bicyclic) bond motifs is 1. The SMILES string of the molecule is CCCN(CCC)C1(CN)CCCc2ccccc21. The van der Waals surface area contributed by atoms with Gasteiger partial charge in [-0.2, -0.15) is 0 Å². The summed E-state index contributed by atoms with van der Waals surface area (Å²) in [6.45, 7) is 7.58. The Kier molecular flexibility index (Phi) is 5.00. The van der Waals surface area contributed by atoms with E-state index in [9.17, 15) is 0 Å². The van der Waals surface area contributed by atoms with Crippen LogP contribution in [0.1, 0.15) is 50.7 Å². The minimum absolute atomic E-state index is 0.0842. The second-order valence-electron chi connectivity index (χ2n) is 5.73. The molecule has 0 bridgehead atoms. The zero-order chi connectivity index (χ0) is 13.7. The van der Waals surface area contributed by atoms with E-state index >= 15 is 0 Å². The average Bonchev–Trinajstić information content (AvgIpc) is 2.46. The predicted molar refractivity (Wildman–Crippen MR) is 82.3 cm³/mol. The highest BCUT2D eigenvalue weighted by Crippen LogP contribution is 2.39. The molecule has 0 saturated carbocycles. The largest absolute Gasteiger partial charge is 0.328 e. The molecule has 1 aromatic carbocycles. The molecule has 0 aliphatic heterocycles. The first-order valence-corrected chi connectivity index (χ1v) is 7.82. The maximum absolute atomic E-state index is 6.27. The van der Waals surface area contributed by atoms with Gasteiger partial charge in [-0.05, 0) is 56.3 Å². The highest BCUT2D eigenvalue weighted by molar-refractivity contribution is 5.36. The summed E-state index contributed by atoms with van der Waals surface area (Å²) in [7, 11) is 0. The van der Waals surface area contributed by atoms with Crippen molar-refractivity contribution in [2.24, 2.45) is 5.73 Å². The molecule has 1 aliphatic rings. The van der Waals surface area contributed by atoms with Gasteiger partial charge in [-0.3, -0.25) is 4.90 Å².